The fourth-order valence-electron chi connectivity index (χ4n) is 2.84. The highest BCUT2D eigenvalue weighted by Gasteiger charge is 2.22. The average Bonchev–Trinajstić information content (AvgIpc) is 2.54. The molecule has 1 atom stereocenters. The van der Waals surface area contributed by atoms with Gasteiger partial charge < -0.3 is 10.1 Å². The summed E-state index contributed by atoms with van der Waals surface area (Å²) in [5, 5.41) is 2.77. The molecule has 0 aliphatic carbocycles. The van der Waals surface area contributed by atoms with E-state index in [1.807, 2.05) is 26.8 Å². The molecule has 2 rings (SSSR count). The van der Waals surface area contributed by atoms with Gasteiger partial charge in [-0.25, -0.2) is 8.42 Å². The molecule has 2 aromatic rings. The lowest BCUT2D eigenvalue weighted by Gasteiger charge is -2.19. The molecule has 0 bridgehead atoms. The monoisotopic (exact) mass is 390 g/mol. The van der Waals surface area contributed by atoms with Crippen LogP contribution in [0.4, 0.5) is 11.4 Å². The molecule has 0 unspecified atom stereocenters. The number of carbonyl (C=O) groups excluding carboxylic acids is 1. The minimum atomic E-state index is -3.73. The van der Waals surface area contributed by atoms with Gasteiger partial charge in [-0.05, 0) is 61.2 Å². The number of amides is 1. The number of rotatable bonds is 7. The molecule has 7 heteroatoms. The summed E-state index contributed by atoms with van der Waals surface area (Å²) >= 11 is 0. The third-order valence-corrected chi connectivity index (χ3v) is 5.66. The van der Waals surface area contributed by atoms with Crippen LogP contribution in [-0.2, 0) is 19.6 Å². The number of hydrogen-bond acceptors (Lipinski definition) is 4. The average molecular weight is 391 g/mol. The Bertz CT molecular complexity index is 923. The molecule has 0 aromatic heterocycles. The Hall–Kier alpha value is -2.38. The van der Waals surface area contributed by atoms with E-state index in [9.17, 15) is 13.2 Å². The number of ether oxygens (including phenoxy) is 1. The van der Waals surface area contributed by atoms with Gasteiger partial charge in [-0.1, -0.05) is 26.0 Å². The van der Waals surface area contributed by atoms with Crippen LogP contribution in [0.25, 0.3) is 0 Å². The Morgan fingerprint density at radius 2 is 1.74 bits per heavy atom. The van der Waals surface area contributed by atoms with Crippen LogP contribution in [0.2, 0.25) is 0 Å². The normalized spacial score (nSPS) is 12.7. The van der Waals surface area contributed by atoms with Gasteiger partial charge in [0.05, 0.1) is 4.90 Å². The Morgan fingerprint density at radius 1 is 1.04 bits per heavy atom. The van der Waals surface area contributed by atoms with E-state index in [4.69, 9.17) is 4.74 Å². The molecule has 27 heavy (non-hydrogen) atoms. The lowest BCUT2D eigenvalue weighted by molar-refractivity contribution is -0.128. The van der Waals surface area contributed by atoms with E-state index in [2.05, 4.69) is 10.0 Å². The number of carbonyl (C=O) groups is 1. The first-order valence-electron chi connectivity index (χ1n) is 8.68. The highest BCUT2D eigenvalue weighted by molar-refractivity contribution is 7.92. The van der Waals surface area contributed by atoms with E-state index < -0.39 is 16.1 Å². The van der Waals surface area contributed by atoms with Crippen LogP contribution in [0.3, 0.4) is 0 Å². The second-order valence-electron chi connectivity index (χ2n) is 6.84. The van der Waals surface area contributed by atoms with Crippen LogP contribution in [0.1, 0.15) is 25.0 Å². The Morgan fingerprint density at radius 3 is 2.30 bits per heavy atom. The van der Waals surface area contributed by atoms with Gasteiger partial charge in [0.15, 0.2) is 0 Å². The van der Waals surface area contributed by atoms with E-state index in [0.29, 0.717) is 16.9 Å². The van der Waals surface area contributed by atoms with E-state index in [1.54, 1.807) is 37.3 Å². The maximum Gasteiger partial charge on any atom is 0.262 e. The molecule has 0 aliphatic heterocycles. The standard InChI is InChI=1S/C20H26N2O4S/c1-13(2)19(26-5)20(23)21-16-9-10-18(15(4)12-16)27(24,25)22-17-8-6-7-14(3)11-17/h6-13,19,22H,1-5H3,(H,21,23)/t19-/m0/s1. The highest BCUT2D eigenvalue weighted by Crippen LogP contribution is 2.23. The molecule has 0 fully saturated rings. The molecular formula is C20H26N2O4S. The van der Waals surface area contributed by atoms with Gasteiger partial charge in [-0.3, -0.25) is 9.52 Å². The molecule has 0 spiro atoms. The van der Waals surface area contributed by atoms with Crippen molar-refractivity contribution in [2.24, 2.45) is 5.92 Å². The molecule has 0 heterocycles. The van der Waals surface area contributed by atoms with Crippen molar-refractivity contribution in [3.63, 3.8) is 0 Å². The molecule has 2 N–H and O–H groups in total. The first-order valence-corrected chi connectivity index (χ1v) is 10.2. The van der Waals surface area contributed by atoms with Gasteiger partial charge in [0.1, 0.15) is 6.10 Å². The summed E-state index contributed by atoms with van der Waals surface area (Å²) in [6.45, 7) is 7.37. The highest BCUT2D eigenvalue weighted by atomic mass is 32.2. The van der Waals surface area contributed by atoms with Crippen molar-refractivity contribution >= 4 is 27.3 Å². The van der Waals surface area contributed by atoms with Crippen LogP contribution in [0.15, 0.2) is 47.4 Å². The second kappa shape index (κ2) is 8.54. The van der Waals surface area contributed by atoms with Crippen molar-refractivity contribution in [3.8, 4) is 0 Å². The Balaban J connectivity index is 2.21. The number of anilines is 2. The molecule has 146 valence electrons. The first-order chi connectivity index (χ1) is 12.6. The summed E-state index contributed by atoms with van der Waals surface area (Å²) in [4.78, 5) is 12.4. The third kappa shape index (κ3) is 5.30. The maximum absolute atomic E-state index is 12.7. The maximum atomic E-state index is 12.7. The Labute approximate surface area is 161 Å². The van der Waals surface area contributed by atoms with Gasteiger partial charge >= 0.3 is 0 Å². The smallest absolute Gasteiger partial charge is 0.262 e. The van der Waals surface area contributed by atoms with Crippen molar-refractivity contribution in [3.05, 3.63) is 53.6 Å². The SMILES string of the molecule is CO[C@H](C(=O)Nc1ccc(S(=O)(=O)Nc2cccc(C)c2)c(C)c1)C(C)C. The molecule has 0 radical (unpaired) electrons. The van der Waals surface area contributed by atoms with E-state index >= 15 is 0 Å². The van der Waals surface area contributed by atoms with Gasteiger partial charge in [-0.2, -0.15) is 0 Å². The molecule has 0 aliphatic rings. The molecular weight excluding hydrogens is 364 g/mol. The predicted molar refractivity (Wildman–Crippen MR) is 107 cm³/mol. The summed E-state index contributed by atoms with van der Waals surface area (Å²) in [7, 11) is -2.24. The van der Waals surface area contributed by atoms with Crippen molar-refractivity contribution in [1.29, 1.82) is 0 Å². The fraction of sp³-hybridized carbons (Fsp3) is 0.350. The van der Waals surface area contributed by atoms with Crippen LogP contribution in [0, 0.1) is 19.8 Å². The molecule has 2 aromatic carbocycles. The van der Waals surface area contributed by atoms with Crippen LogP contribution in [-0.4, -0.2) is 27.5 Å². The molecule has 1 amide bonds. The fourth-order valence-corrected chi connectivity index (χ4v) is 4.12. The predicted octanol–water partition coefficient (Wildman–Crippen LogP) is 3.71. The lowest BCUT2D eigenvalue weighted by atomic mass is 10.1. The minimum Gasteiger partial charge on any atom is -0.371 e. The quantitative estimate of drug-likeness (QED) is 0.755. The number of nitrogens with one attached hydrogen (secondary N) is 2. The second-order valence-corrected chi connectivity index (χ2v) is 8.50. The number of benzene rings is 2. The van der Waals surface area contributed by atoms with Gasteiger partial charge in [0.2, 0.25) is 0 Å². The molecule has 0 saturated heterocycles. The van der Waals surface area contributed by atoms with E-state index in [0.717, 1.165) is 5.56 Å². The van der Waals surface area contributed by atoms with E-state index in [-0.39, 0.29) is 16.7 Å². The van der Waals surface area contributed by atoms with Gasteiger partial charge in [0, 0.05) is 18.5 Å². The molecule has 6 nitrogen and oxygen atoms in total. The minimum absolute atomic E-state index is 0.0225. The number of hydrogen-bond donors (Lipinski definition) is 2. The number of aryl methyl sites for hydroxylation is 2. The van der Waals surface area contributed by atoms with Crippen LogP contribution < -0.4 is 10.0 Å². The zero-order valence-corrected chi connectivity index (χ0v) is 17.1. The third-order valence-electron chi connectivity index (χ3n) is 4.12. The topological polar surface area (TPSA) is 84.5 Å². The summed E-state index contributed by atoms with van der Waals surface area (Å²) in [5.41, 5.74) is 2.52. The summed E-state index contributed by atoms with van der Waals surface area (Å²) in [5.74, 6) is -0.241. The summed E-state index contributed by atoms with van der Waals surface area (Å²) < 4.78 is 33.2. The van der Waals surface area contributed by atoms with Crippen LogP contribution in [0.5, 0.6) is 0 Å². The molecule has 0 saturated carbocycles. The number of methoxy groups -OCH3 is 1. The van der Waals surface area contributed by atoms with Crippen molar-refractivity contribution in [2.75, 3.05) is 17.1 Å². The zero-order valence-electron chi connectivity index (χ0n) is 16.2. The van der Waals surface area contributed by atoms with Crippen molar-refractivity contribution in [2.45, 2.75) is 38.7 Å². The van der Waals surface area contributed by atoms with Gasteiger partial charge in [-0.15, -0.1) is 0 Å². The Kier molecular flexibility index (Phi) is 6.62. The van der Waals surface area contributed by atoms with Gasteiger partial charge in [0.25, 0.3) is 15.9 Å². The first kappa shape index (κ1) is 20.9. The lowest BCUT2D eigenvalue weighted by Crippen LogP contribution is -2.33. The van der Waals surface area contributed by atoms with E-state index in [1.165, 1.54) is 13.2 Å². The van der Waals surface area contributed by atoms with Crippen LogP contribution >= 0.6 is 0 Å². The summed E-state index contributed by atoms with van der Waals surface area (Å²) in [6.07, 6.45) is -0.572. The van der Waals surface area contributed by atoms with Crippen molar-refractivity contribution in [1.82, 2.24) is 0 Å². The summed E-state index contributed by atoms with van der Waals surface area (Å²) in [6, 6.07) is 11.8. The zero-order chi connectivity index (χ0) is 20.2. The largest absolute Gasteiger partial charge is 0.371 e. The number of sulfonamides is 1. The van der Waals surface area contributed by atoms with Crippen molar-refractivity contribution < 1.29 is 17.9 Å².